The molecule has 1 atom stereocenters. The van der Waals surface area contributed by atoms with Gasteiger partial charge in [0, 0.05) is 0 Å². The van der Waals surface area contributed by atoms with E-state index < -0.39 is 12.1 Å². The first-order valence-corrected chi connectivity index (χ1v) is 3.14. The summed E-state index contributed by atoms with van der Waals surface area (Å²) in [6.07, 6.45) is -0.560. The zero-order valence-corrected chi connectivity index (χ0v) is 6.38. The molecule has 3 N–H and O–H groups in total. The SMILES string of the molecule is CC(O)CO.O=C(O)CCl. The Morgan fingerprint density at radius 2 is 1.90 bits per heavy atom. The number of rotatable bonds is 2. The van der Waals surface area contributed by atoms with Gasteiger partial charge in [-0.15, -0.1) is 11.6 Å². The van der Waals surface area contributed by atoms with E-state index in [1.807, 2.05) is 0 Å². The molecule has 0 aliphatic carbocycles. The molecule has 0 bridgehead atoms. The summed E-state index contributed by atoms with van der Waals surface area (Å²) in [5.74, 6) is -1.29. The Hall–Kier alpha value is -0.320. The standard InChI is InChI=1S/C3H8O2.C2H3ClO2/c1-3(5)2-4;3-1-2(4)5/h3-5H,2H2,1H3;1H2,(H,4,5). The summed E-state index contributed by atoms with van der Waals surface area (Å²) in [6, 6.07) is 0. The lowest BCUT2D eigenvalue weighted by Crippen LogP contribution is -2.03. The molecule has 4 nitrogen and oxygen atoms in total. The Balaban J connectivity index is 0. The number of hydrogen-bond acceptors (Lipinski definition) is 3. The number of carbonyl (C=O) groups is 1. The highest BCUT2D eigenvalue weighted by atomic mass is 35.5. The lowest BCUT2D eigenvalue weighted by molar-refractivity contribution is -0.134. The monoisotopic (exact) mass is 170 g/mol. The fourth-order valence-electron chi connectivity index (χ4n) is 0. The summed E-state index contributed by atoms with van der Waals surface area (Å²) >= 11 is 4.74. The van der Waals surface area contributed by atoms with Crippen LogP contribution in [0.1, 0.15) is 6.92 Å². The number of halogens is 1. The fraction of sp³-hybridized carbons (Fsp3) is 0.800. The van der Waals surface area contributed by atoms with E-state index in [0.717, 1.165) is 0 Å². The molecule has 10 heavy (non-hydrogen) atoms. The minimum atomic E-state index is -0.980. The number of alkyl halides is 1. The van der Waals surface area contributed by atoms with Gasteiger partial charge in [-0.2, -0.15) is 0 Å². The van der Waals surface area contributed by atoms with Crippen LogP contribution in [0.25, 0.3) is 0 Å². The maximum atomic E-state index is 9.24. The molecule has 0 heterocycles. The van der Waals surface area contributed by atoms with Gasteiger partial charge >= 0.3 is 5.97 Å². The van der Waals surface area contributed by atoms with Gasteiger partial charge in [0.1, 0.15) is 5.88 Å². The molecule has 0 fully saturated rings. The Kier molecular flexibility index (Phi) is 10.7. The molecule has 0 aliphatic rings. The highest BCUT2D eigenvalue weighted by molar-refractivity contribution is 6.26. The Morgan fingerprint density at radius 3 is 1.90 bits per heavy atom. The van der Waals surface area contributed by atoms with E-state index in [1.165, 1.54) is 6.92 Å². The van der Waals surface area contributed by atoms with Gasteiger partial charge in [0.15, 0.2) is 0 Å². The van der Waals surface area contributed by atoms with Crippen molar-refractivity contribution in [2.24, 2.45) is 0 Å². The van der Waals surface area contributed by atoms with Crippen LogP contribution in [-0.2, 0) is 4.79 Å². The summed E-state index contributed by atoms with van der Waals surface area (Å²) in [4.78, 5) is 9.24. The van der Waals surface area contributed by atoms with Gasteiger partial charge in [-0.05, 0) is 6.92 Å². The minimum Gasteiger partial charge on any atom is -0.480 e. The summed E-state index contributed by atoms with van der Waals surface area (Å²) in [5, 5.41) is 23.6. The first-order valence-electron chi connectivity index (χ1n) is 2.61. The molecule has 0 radical (unpaired) electrons. The molecule has 5 heteroatoms. The molecule has 0 saturated heterocycles. The van der Waals surface area contributed by atoms with Crippen molar-refractivity contribution in [1.29, 1.82) is 0 Å². The van der Waals surface area contributed by atoms with Crippen LogP contribution < -0.4 is 0 Å². The Labute approximate surface area is 64.1 Å². The predicted octanol–water partition coefficient (Wildman–Crippen LogP) is -0.331. The average Bonchev–Trinajstić information content (AvgIpc) is 1.89. The molecule has 0 saturated carbocycles. The Bertz CT molecular complexity index is 83.7. The van der Waals surface area contributed by atoms with Crippen LogP contribution in [0.5, 0.6) is 0 Å². The quantitative estimate of drug-likeness (QED) is 0.496. The maximum absolute atomic E-state index is 9.24. The maximum Gasteiger partial charge on any atom is 0.318 e. The van der Waals surface area contributed by atoms with E-state index in [2.05, 4.69) is 0 Å². The summed E-state index contributed by atoms with van der Waals surface area (Å²) in [7, 11) is 0. The van der Waals surface area contributed by atoms with Crippen LogP contribution in [0.2, 0.25) is 0 Å². The van der Waals surface area contributed by atoms with Gasteiger partial charge in [-0.25, -0.2) is 0 Å². The highest BCUT2D eigenvalue weighted by Crippen LogP contribution is 1.68. The van der Waals surface area contributed by atoms with E-state index in [9.17, 15) is 4.79 Å². The third-order valence-corrected chi connectivity index (χ3v) is 0.607. The van der Waals surface area contributed by atoms with Crippen molar-refractivity contribution in [3.63, 3.8) is 0 Å². The van der Waals surface area contributed by atoms with Gasteiger partial charge in [0.25, 0.3) is 0 Å². The van der Waals surface area contributed by atoms with Crippen LogP contribution in [0.15, 0.2) is 0 Å². The molecule has 0 rings (SSSR count). The molecule has 0 aliphatic heterocycles. The highest BCUT2D eigenvalue weighted by Gasteiger charge is 1.83. The number of aliphatic hydroxyl groups is 2. The number of aliphatic carboxylic acids is 1. The van der Waals surface area contributed by atoms with Crippen LogP contribution in [0, 0.1) is 0 Å². The van der Waals surface area contributed by atoms with Gasteiger partial charge in [0.2, 0.25) is 0 Å². The second kappa shape index (κ2) is 8.68. The predicted molar refractivity (Wildman–Crippen MR) is 37.1 cm³/mol. The molecule has 0 aromatic rings. The molecule has 0 aromatic carbocycles. The first kappa shape index (κ1) is 12.4. The van der Waals surface area contributed by atoms with Crippen molar-refractivity contribution >= 4 is 17.6 Å². The lowest BCUT2D eigenvalue weighted by Gasteiger charge is -1.90. The normalized spacial score (nSPS) is 11.2. The van der Waals surface area contributed by atoms with E-state index in [4.69, 9.17) is 26.9 Å². The van der Waals surface area contributed by atoms with Gasteiger partial charge < -0.3 is 15.3 Å². The zero-order valence-electron chi connectivity index (χ0n) is 5.62. The van der Waals surface area contributed by atoms with Gasteiger partial charge in [-0.1, -0.05) is 0 Å². The molecular formula is C5H11ClO4. The summed E-state index contributed by atoms with van der Waals surface area (Å²) in [5.41, 5.74) is 0. The van der Waals surface area contributed by atoms with E-state index >= 15 is 0 Å². The Morgan fingerprint density at radius 1 is 1.70 bits per heavy atom. The number of hydrogen-bond donors (Lipinski definition) is 3. The molecule has 0 amide bonds. The summed E-state index contributed by atoms with van der Waals surface area (Å²) in [6.45, 7) is 1.39. The van der Waals surface area contributed by atoms with Crippen molar-refractivity contribution < 1.29 is 20.1 Å². The van der Waals surface area contributed by atoms with Crippen molar-refractivity contribution in [3.05, 3.63) is 0 Å². The van der Waals surface area contributed by atoms with Crippen molar-refractivity contribution in [3.8, 4) is 0 Å². The first-order chi connectivity index (χ1) is 4.54. The molecule has 1 unspecified atom stereocenters. The third-order valence-electron chi connectivity index (χ3n) is 0.379. The topological polar surface area (TPSA) is 77.8 Å². The van der Waals surface area contributed by atoms with Crippen LogP contribution in [0.4, 0.5) is 0 Å². The van der Waals surface area contributed by atoms with Crippen molar-refractivity contribution in [2.45, 2.75) is 13.0 Å². The smallest absolute Gasteiger partial charge is 0.318 e. The number of carboxylic acids is 1. The van der Waals surface area contributed by atoms with Gasteiger partial charge in [0.05, 0.1) is 12.7 Å². The molecule has 62 valence electrons. The van der Waals surface area contributed by atoms with E-state index in [0.29, 0.717) is 0 Å². The lowest BCUT2D eigenvalue weighted by atomic mass is 10.5. The third kappa shape index (κ3) is 25.3. The number of aliphatic hydroxyl groups excluding tert-OH is 2. The van der Waals surface area contributed by atoms with Crippen molar-refractivity contribution in [2.75, 3.05) is 12.5 Å². The average molecular weight is 171 g/mol. The largest absolute Gasteiger partial charge is 0.480 e. The second-order valence-electron chi connectivity index (χ2n) is 1.56. The second-order valence-corrected chi connectivity index (χ2v) is 1.83. The minimum absolute atomic E-state index is 0.139. The molecule has 0 spiro atoms. The van der Waals surface area contributed by atoms with Crippen LogP contribution in [0.3, 0.4) is 0 Å². The van der Waals surface area contributed by atoms with Crippen LogP contribution in [-0.4, -0.2) is 39.9 Å². The zero-order chi connectivity index (χ0) is 8.57. The van der Waals surface area contributed by atoms with E-state index in [-0.39, 0.29) is 12.5 Å². The van der Waals surface area contributed by atoms with E-state index in [1.54, 1.807) is 0 Å². The fourth-order valence-corrected chi connectivity index (χ4v) is 0. The number of carboxylic acid groups (broad SMARTS) is 1. The van der Waals surface area contributed by atoms with Gasteiger partial charge in [-0.3, -0.25) is 4.79 Å². The summed E-state index contributed by atoms with van der Waals surface area (Å²) < 4.78 is 0. The van der Waals surface area contributed by atoms with Crippen molar-refractivity contribution in [1.82, 2.24) is 0 Å². The molecule has 0 aromatic heterocycles. The molecular weight excluding hydrogens is 160 g/mol. The van der Waals surface area contributed by atoms with Crippen LogP contribution >= 0.6 is 11.6 Å².